The Morgan fingerprint density at radius 3 is 2.90 bits per heavy atom. The Balaban J connectivity index is 1.82. The molecule has 2 atom stereocenters. The molecular weight excluding hydrogens is 256 g/mol. The average Bonchev–Trinajstić information content (AvgIpc) is 2.88. The van der Waals surface area contributed by atoms with E-state index in [0.29, 0.717) is 24.0 Å². The van der Waals surface area contributed by atoms with Crippen LogP contribution in [0.2, 0.25) is 0 Å². The number of anilines is 1. The van der Waals surface area contributed by atoms with Crippen molar-refractivity contribution >= 4 is 11.7 Å². The van der Waals surface area contributed by atoms with E-state index in [-0.39, 0.29) is 12.0 Å². The summed E-state index contributed by atoms with van der Waals surface area (Å²) in [5, 5.41) is 6.01. The third kappa shape index (κ3) is 3.90. The van der Waals surface area contributed by atoms with Crippen molar-refractivity contribution in [1.29, 1.82) is 0 Å². The minimum absolute atomic E-state index is 0.182. The quantitative estimate of drug-likeness (QED) is 0.823. The minimum atomic E-state index is -0.182. The number of hydrogen-bond acceptors (Lipinski definition) is 5. The zero-order valence-electron chi connectivity index (χ0n) is 12.1. The second-order valence-electron chi connectivity index (χ2n) is 5.05. The fourth-order valence-electron chi connectivity index (χ4n) is 2.15. The Labute approximate surface area is 119 Å². The van der Waals surface area contributed by atoms with Crippen molar-refractivity contribution in [2.75, 3.05) is 25.0 Å². The van der Waals surface area contributed by atoms with Crippen LogP contribution in [0.3, 0.4) is 0 Å². The molecule has 1 saturated heterocycles. The van der Waals surface area contributed by atoms with Crippen molar-refractivity contribution in [2.24, 2.45) is 5.92 Å². The molecule has 2 N–H and O–H groups in total. The molecule has 0 aliphatic carbocycles. The van der Waals surface area contributed by atoms with Gasteiger partial charge in [-0.05, 0) is 19.8 Å². The zero-order valence-corrected chi connectivity index (χ0v) is 12.1. The van der Waals surface area contributed by atoms with Gasteiger partial charge in [0.1, 0.15) is 11.5 Å². The van der Waals surface area contributed by atoms with Crippen LogP contribution in [0.25, 0.3) is 0 Å². The van der Waals surface area contributed by atoms with E-state index in [4.69, 9.17) is 4.74 Å². The van der Waals surface area contributed by atoms with Gasteiger partial charge in [0.2, 0.25) is 0 Å². The molecule has 0 bridgehead atoms. The first-order valence-corrected chi connectivity index (χ1v) is 7.16. The lowest BCUT2D eigenvalue weighted by molar-refractivity contribution is 0.0903. The van der Waals surface area contributed by atoms with E-state index in [0.717, 1.165) is 26.0 Å². The van der Waals surface area contributed by atoms with Gasteiger partial charge in [-0.2, -0.15) is 0 Å². The molecule has 20 heavy (non-hydrogen) atoms. The number of nitrogens with zero attached hydrogens (tertiary/aromatic N) is 2. The van der Waals surface area contributed by atoms with Crippen LogP contribution in [0.15, 0.2) is 12.4 Å². The average molecular weight is 278 g/mol. The summed E-state index contributed by atoms with van der Waals surface area (Å²) in [7, 11) is 0. The minimum Gasteiger partial charge on any atom is -0.378 e. The zero-order chi connectivity index (χ0) is 14.4. The maximum absolute atomic E-state index is 12.0. The molecule has 110 valence electrons. The first-order chi connectivity index (χ1) is 9.70. The van der Waals surface area contributed by atoms with Gasteiger partial charge in [-0.25, -0.2) is 9.97 Å². The van der Waals surface area contributed by atoms with Crippen LogP contribution in [0.4, 0.5) is 5.82 Å². The fourth-order valence-corrected chi connectivity index (χ4v) is 2.15. The molecule has 2 unspecified atom stereocenters. The van der Waals surface area contributed by atoms with Gasteiger partial charge in [-0.1, -0.05) is 6.92 Å². The van der Waals surface area contributed by atoms with Gasteiger partial charge in [-0.3, -0.25) is 4.79 Å². The van der Waals surface area contributed by atoms with Crippen molar-refractivity contribution < 1.29 is 9.53 Å². The molecule has 1 aromatic heterocycles. The summed E-state index contributed by atoms with van der Waals surface area (Å²) >= 11 is 0. The van der Waals surface area contributed by atoms with Crippen molar-refractivity contribution in [3.8, 4) is 0 Å². The highest BCUT2D eigenvalue weighted by molar-refractivity contribution is 5.91. The van der Waals surface area contributed by atoms with E-state index < -0.39 is 0 Å². The molecule has 2 heterocycles. The lowest BCUT2D eigenvalue weighted by atomic mass is 10.0. The van der Waals surface area contributed by atoms with Gasteiger partial charge in [0, 0.05) is 25.6 Å². The summed E-state index contributed by atoms with van der Waals surface area (Å²) in [5.41, 5.74) is 0.346. The van der Waals surface area contributed by atoms with E-state index >= 15 is 0 Å². The molecule has 1 aromatic rings. The van der Waals surface area contributed by atoms with Gasteiger partial charge in [0.15, 0.2) is 0 Å². The van der Waals surface area contributed by atoms with Crippen molar-refractivity contribution in [3.05, 3.63) is 18.1 Å². The fraction of sp³-hybridized carbons (Fsp3) is 0.643. The topological polar surface area (TPSA) is 76.1 Å². The van der Waals surface area contributed by atoms with Crippen LogP contribution in [-0.4, -0.2) is 41.7 Å². The Morgan fingerprint density at radius 2 is 2.30 bits per heavy atom. The third-order valence-corrected chi connectivity index (χ3v) is 3.50. The Morgan fingerprint density at radius 1 is 1.45 bits per heavy atom. The van der Waals surface area contributed by atoms with Gasteiger partial charge < -0.3 is 15.4 Å². The van der Waals surface area contributed by atoms with Crippen LogP contribution in [0.1, 0.15) is 37.2 Å². The SMILES string of the molecule is CCCNc1cnc(C(=O)NCC2CCOC2C)cn1. The second-order valence-corrected chi connectivity index (χ2v) is 5.05. The smallest absolute Gasteiger partial charge is 0.271 e. The monoisotopic (exact) mass is 278 g/mol. The third-order valence-electron chi connectivity index (χ3n) is 3.50. The molecule has 2 rings (SSSR count). The molecule has 1 fully saturated rings. The van der Waals surface area contributed by atoms with Gasteiger partial charge in [0.05, 0.1) is 18.5 Å². The van der Waals surface area contributed by atoms with Gasteiger partial charge in [-0.15, -0.1) is 0 Å². The first-order valence-electron chi connectivity index (χ1n) is 7.16. The molecule has 6 nitrogen and oxygen atoms in total. The number of hydrogen-bond donors (Lipinski definition) is 2. The van der Waals surface area contributed by atoms with Crippen LogP contribution in [0, 0.1) is 5.92 Å². The number of ether oxygens (including phenoxy) is 1. The lowest BCUT2D eigenvalue weighted by Crippen LogP contribution is -2.32. The number of carbonyl (C=O) groups excluding carboxylic acids is 1. The second kappa shape index (κ2) is 7.19. The molecule has 0 saturated carbocycles. The number of nitrogens with one attached hydrogen (secondary N) is 2. The molecule has 1 amide bonds. The van der Waals surface area contributed by atoms with Gasteiger partial charge >= 0.3 is 0 Å². The molecule has 0 spiro atoms. The predicted octanol–water partition coefficient (Wildman–Crippen LogP) is 1.45. The largest absolute Gasteiger partial charge is 0.378 e. The highest BCUT2D eigenvalue weighted by Gasteiger charge is 2.24. The van der Waals surface area contributed by atoms with Crippen molar-refractivity contribution in [2.45, 2.75) is 32.8 Å². The maximum Gasteiger partial charge on any atom is 0.271 e. The summed E-state index contributed by atoms with van der Waals surface area (Å²) in [6.45, 7) is 6.37. The van der Waals surface area contributed by atoms with E-state index in [1.165, 1.54) is 6.20 Å². The van der Waals surface area contributed by atoms with Gasteiger partial charge in [0.25, 0.3) is 5.91 Å². The highest BCUT2D eigenvalue weighted by Crippen LogP contribution is 2.19. The van der Waals surface area contributed by atoms with Crippen LogP contribution < -0.4 is 10.6 Å². The summed E-state index contributed by atoms with van der Waals surface area (Å²) in [6, 6.07) is 0. The summed E-state index contributed by atoms with van der Waals surface area (Å²) in [6.07, 6.45) is 5.31. The Kier molecular flexibility index (Phi) is 5.29. The maximum atomic E-state index is 12.0. The molecular formula is C14H22N4O2. The molecule has 0 radical (unpaired) electrons. The molecule has 6 heteroatoms. The molecule has 0 aromatic carbocycles. The van der Waals surface area contributed by atoms with Crippen LogP contribution >= 0.6 is 0 Å². The van der Waals surface area contributed by atoms with Crippen LogP contribution in [-0.2, 0) is 4.74 Å². The van der Waals surface area contributed by atoms with Crippen molar-refractivity contribution in [1.82, 2.24) is 15.3 Å². The van der Waals surface area contributed by atoms with E-state index in [9.17, 15) is 4.79 Å². The predicted molar refractivity (Wildman–Crippen MR) is 76.7 cm³/mol. The van der Waals surface area contributed by atoms with E-state index in [1.807, 2.05) is 6.92 Å². The lowest BCUT2D eigenvalue weighted by Gasteiger charge is -2.14. The Hall–Kier alpha value is -1.69. The highest BCUT2D eigenvalue weighted by atomic mass is 16.5. The first kappa shape index (κ1) is 14.7. The van der Waals surface area contributed by atoms with E-state index in [2.05, 4.69) is 27.5 Å². The number of amides is 1. The summed E-state index contributed by atoms with van der Waals surface area (Å²) in [5.74, 6) is 0.900. The van der Waals surface area contributed by atoms with E-state index in [1.54, 1.807) is 6.20 Å². The standard InChI is InChI=1S/C14H22N4O2/c1-3-5-15-13-9-16-12(8-17-13)14(19)18-7-11-4-6-20-10(11)2/h8-11H,3-7H2,1-2H3,(H,15,17)(H,18,19). The number of aromatic nitrogens is 2. The molecule has 1 aliphatic rings. The number of rotatable bonds is 6. The number of carbonyl (C=O) groups is 1. The Bertz CT molecular complexity index is 435. The normalized spacial score (nSPS) is 21.7. The summed E-state index contributed by atoms with van der Waals surface area (Å²) < 4.78 is 5.47. The van der Waals surface area contributed by atoms with Crippen molar-refractivity contribution in [3.63, 3.8) is 0 Å². The van der Waals surface area contributed by atoms with Crippen LogP contribution in [0.5, 0.6) is 0 Å². The summed E-state index contributed by atoms with van der Waals surface area (Å²) in [4.78, 5) is 20.3. The molecule has 1 aliphatic heterocycles.